The summed E-state index contributed by atoms with van der Waals surface area (Å²) in [7, 11) is 2.08. The molecule has 118 valence electrons. The molecule has 1 fully saturated rings. The number of nitrogens with two attached hydrogens (primary N) is 1. The normalized spacial score (nSPS) is 16.4. The van der Waals surface area contributed by atoms with Gasteiger partial charge in [0.2, 0.25) is 0 Å². The molecule has 0 spiro atoms. The number of piperazine rings is 1. The summed E-state index contributed by atoms with van der Waals surface area (Å²) in [5, 5.41) is 0. The van der Waals surface area contributed by atoms with Gasteiger partial charge in [-0.3, -0.25) is 0 Å². The highest BCUT2D eigenvalue weighted by molar-refractivity contribution is 7.80. The van der Waals surface area contributed by atoms with E-state index in [0.29, 0.717) is 23.6 Å². The minimum Gasteiger partial charge on any atom is -0.387 e. The molecule has 2 heterocycles. The van der Waals surface area contributed by atoms with Gasteiger partial charge >= 0.3 is 0 Å². The first-order valence-electron chi connectivity index (χ1n) is 7.44. The Morgan fingerprint density at radius 3 is 2.59 bits per heavy atom. The van der Waals surface area contributed by atoms with E-state index >= 15 is 0 Å². The van der Waals surface area contributed by atoms with E-state index in [2.05, 4.69) is 21.8 Å². The lowest BCUT2D eigenvalue weighted by Gasteiger charge is -2.34. The van der Waals surface area contributed by atoms with Crippen molar-refractivity contribution in [2.45, 2.75) is 13.5 Å². The number of hydrogen-bond acceptors (Lipinski definition) is 4. The van der Waals surface area contributed by atoms with E-state index < -0.39 is 0 Å². The number of aromatic nitrogens is 2. The molecule has 0 amide bonds. The van der Waals surface area contributed by atoms with Gasteiger partial charge < -0.3 is 20.1 Å². The summed E-state index contributed by atoms with van der Waals surface area (Å²) in [4.78, 5) is 8.94. The topological polar surface area (TPSA) is 50.3 Å². The third-order valence-corrected chi connectivity index (χ3v) is 4.38. The molecule has 1 aromatic carbocycles. The number of imidazole rings is 1. The molecule has 1 aliphatic heterocycles. The molecule has 3 rings (SSSR count). The van der Waals surface area contributed by atoms with Gasteiger partial charge in [-0.15, -0.1) is 0 Å². The Balaban J connectivity index is 2.08. The summed E-state index contributed by atoms with van der Waals surface area (Å²) < 4.78 is 16.4. The second-order valence-electron chi connectivity index (χ2n) is 5.63. The zero-order valence-electron chi connectivity index (χ0n) is 12.8. The van der Waals surface area contributed by atoms with Gasteiger partial charge in [0.25, 0.3) is 0 Å². The first kappa shape index (κ1) is 15.2. The number of hydrogen-bond donors (Lipinski definition) is 1. The van der Waals surface area contributed by atoms with Crippen molar-refractivity contribution < 1.29 is 4.39 Å². The molecule has 1 aromatic heterocycles. The second kappa shape index (κ2) is 5.81. The number of halogens is 1. The zero-order chi connectivity index (χ0) is 15.9. The van der Waals surface area contributed by atoms with E-state index in [-0.39, 0.29) is 10.8 Å². The van der Waals surface area contributed by atoms with Crippen LogP contribution in [0.5, 0.6) is 0 Å². The number of aryl methyl sites for hydroxylation is 1. The van der Waals surface area contributed by atoms with Crippen molar-refractivity contribution >= 4 is 33.9 Å². The fraction of sp³-hybridized carbons (Fsp3) is 0.467. The van der Waals surface area contributed by atoms with E-state index in [0.717, 1.165) is 31.7 Å². The van der Waals surface area contributed by atoms with Crippen molar-refractivity contribution in [2.24, 2.45) is 5.73 Å². The largest absolute Gasteiger partial charge is 0.387 e. The maximum absolute atomic E-state index is 14.5. The van der Waals surface area contributed by atoms with Crippen LogP contribution < -0.4 is 10.6 Å². The van der Waals surface area contributed by atoms with Crippen molar-refractivity contribution in [3.8, 4) is 0 Å². The molecule has 22 heavy (non-hydrogen) atoms. The van der Waals surface area contributed by atoms with Crippen LogP contribution in [0.1, 0.15) is 12.7 Å². The number of anilines is 1. The van der Waals surface area contributed by atoms with Crippen molar-refractivity contribution in [1.29, 1.82) is 0 Å². The molecular formula is C15H20FN5S. The van der Waals surface area contributed by atoms with Gasteiger partial charge in [-0.25, -0.2) is 9.37 Å². The molecule has 0 atom stereocenters. The average molecular weight is 321 g/mol. The molecule has 5 nitrogen and oxygen atoms in total. The Morgan fingerprint density at radius 1 is 1.32 bits per heavy atom. The third-order valence-electron chi connectivity index (χ3n) is 4.20. The Kier molecular flexibility index (Phi) is 4.01. The van der Waals surface area contributed by atoms with Crippen molar-refractivity contribution in [3.63, 3.8) is 0 Å². The van der Waals surface area contributed by atoms with Crippen LogP contribution in [0.4, 0.5) is 10.1 Å². The Morgan fingerprint density at radius 2 is 2.00 bits per heavy atom. The predicted molar refractivity (Wildman–Crippen MR) is 91.0 cm³/mol. The maximum Gasteiger partial charge on any atom is 0.168 e. The lowest BCUT2D eigenvalue weighted by atomic mass is 10.2. The van der Waals surface area contributed by atoms with Crippen molar-refractivity contribution in [3.05, 3.63) is 23.8 Å². The number of likely N-dealkylation sites (N-methyl/N-ethyl adjacent to an activating group) is 1. The summed E-state index contributed by atoms with van der Waals surface area (Å²) in [6, 6.07) is 3.35. The highest BCUT2D eigenvalue weighted by atomic mass is 32.1. The van der Waals surface area contributed by atoms with E-state index in [1.54, 1.807) is 0 Å². The van der Waals surface area contributed by atoms with Crippen LogP contribution in [0.25, 0.3) is 11.0 Å². The number of fused-ring (bicyclic) bond motifs is 1. The molecular weight excluding hydrogens is 301 g/mol. The Hall–Kier alpha value is -1.73. The van der Waals surface area contributed by atoms with Gasteiger partial charge in [0.05, 0.1) is 16.7 Å². The van der Waals surface area contributed by atoms with Crippen LogP contribution in [-0.4, -0.2) is 52.7 Å². The number of thiocarbonyl (C=S) groups is 1. The van der Waals surface area contributed by atoms with Gasteiger partial charge in [0.1, 0.15) is 10.8 Å². The second-order valence-corrected chi connectivity index (χ2v) is 6.07. The van der Waals surface area contributed by atoms with E-state index in [1.165, 1.54) is 6.07 Å². The summed E-state index contributed by atoms with van der Waals surface area (Å²) in [6.07, 6.45) is 0. The minimum absolute atomic E-state index is 0.236. The highest BCUT2D eigenvalue weighted by Gasteiger charge is 2.20. The predicted octanol–water partition coefficient (Wildman–Crippen LogP) is 1.58. The number of benzene rings is 1. The molecule has 0 aliphatic carbocycles. The number of nitrogens with zero attached hydrogens (tertiary/aromatic N) is 4. The Bertz CT molecular complexity index is 718. The van der Waals surface area contributed by atoms with Gasteiger partial charge in [0.15, 0.2) is 5.82 Å². The molecule has 0 unspecified atom stereocenters. The average Bonchev–Trinajstić information content (AvgIpc) is 2.85. The molecule has 0 bridgehead atoms. The van der Waals surface area contributed by atoms with Gasteiger partial charge in [-0.2, -0.15) is 0 Å². The van der Waals surface area contributed by atoms with Crippen molar-refractivity contribution in [1.82, 2.24) is 14.5 Å². The molecule has 7 heteroatoms. The number of rotatable bonds is 3. The summed E-state index contributed by atoms with van der Waals surface area (Å²) in [6.45, 7) is 6.20. The van der Waals surface area contributed by atoms with Crippen molar-refractivity contribution in [2.75, 3.05) is 38.1 Å². The summed E-state index contributed by atoms with van der Waals surface area (Å²) >= 11 is 5.05. The lowest BCUT2D eigenvalue weighted by Crippen LogP contribution is -2.44. The first-order chi connectivity index (χ1) is 10.5. The monoisotopic (exact) mass is 321 g/mol. The maximum atomic E-state index is 14.5. The van der Waals surface area contributed by atoms with Crippen LogP contribution in [0.15, 0.2) is 12.1 Å². The van der Waals surface area contributed by atoms with Crippen LogP contribution in [0.3, 0.4) is 0 Å². The molecule has 1 aliphatic rings. The zero-order valence-corrected chi connectivity index (χ0v) is 13.7. The van der Waals surface area contributed by atoms with Crippen LogP contribution >= 0.6 is 12.2 Å². The van der Waals surface area contributed by atoms with Crippen LogP contribution in [0.2, 0.25) is 0 Å². The molecule has 2 N–H and O–H groups in total. The van der Waals surface area contributed by atoms with E-state index in [1.807, 2.05) is 17.6 Å². The van der Waals surface area contributed by atoms with Gasteiger partial charge in [-0.1, -0.05) is 12.2 Å². The fourth-order valence-electron chi connectivity index (χ4n) is 2.93. The van der Waals surface area contributed by atoms with Gasteiger partial charge in [0, 0.05) is 38.8 Å². The van der Waals surface area contributed by atoms with Crippen LogP contribution in [0, 0.1) is 5.82 Å². The highest BCUT2D eigenvalue weighted by Crippen LogP contribution is 2.27. The molecule has 1 saturated heterocycles. The van der Waals surface area contributed by atoms with E-state index in [4.69, 9.17) is 18.0 Å². The van der Waals surface area contributed by atoms with E-state index in [9.17, 15) is 4.39 Å². The summed E-state index contributed by atoms with van der Waals surface area (Å²) in [5.41, 5.74) is 7.83. The standard InChI is InChI=1S/C15H20FN5S/c1-3-21-13-9-12(20-6-4-19(2)5-7-20)10(16)8-11(13)18-15(21)14(17)22/h8-9H,3-7H2,1-2H3,(H2,17,22). The SMILES string of the molecule is CCn1c(C(N)=S)nc2cc(F)c(N3CCN(C)CC3)cc21. The van der Waals surface area contributed by atoms with Crippen LogP contribution in [-0.2, 0) is 6.54 Å². The lowest BCUT2D eigenvalue weighted by molar-refractivity contribution is 0.312. The van der Waals surface area contributed by atoms with Gasteiger partial charge in [-0.05, 0) is 20.0 Å². The smallest absolute Gasteiger partial charge is 0.168 e. The fourth-order valence-corrected chi connectivity index (χ4v) is 3.09. The minimum atomic E-state index is -0.243. The first-order valence-corrected chi connectivity index (χ1v) is 7.85. The molecule has 0 radical (unpaired) electrons. The summed E-state index contributed by atoms with van der Waals surface area (Å²) in [5.74, 6) is 0.301. The Labute approximate surface area is 134 Å². The third kappa shape index (κ3) is 2.55. The molecule has 2 aromatic rings. The quantitative estimate of drug-likeness (QED) is 0.870. The molecule has 0 saturated carbocycles.